The van der Waals surface area contributed by atoms with Crippen LogP contribution in [0.1, 0.15) is 0 Å². The number of rotatable bonds is 5. The Morgan fingerprint density at radius 3 is 2.37 bits per heavy atom. The van der Waals surface area contributed by atoms with Gasteiger partial charge in [0, 0.05) is 56.2 Å². The number of hydrogen-bond acceptors (Lipinski definition) is 7. The number of H-pyrrole nitrogens is 1. The quantitative estimate of drug-likeness (QED) is 0.529. The van der Waals surface area contributed by atoms with Gasteiger partial charge in [-0.3, -0.25) is 9.88 Å². The highest BCUT2D eigenvalue weighted by molar-refractivity contribution is 5.88. The molecule has 0 amide bonds. The maximum Gasteiger partial charge on any atom is 0.184 e. The summed E-state index contributed by atoms with van der Waals surface area (Å²) in [4.78, 5) is 26.5. The van der Waals surface area contributed by atoms with Crippen LogP contribution in [0.3, 0.4) is 0 Å². The van der Waals surface area contributed by atoms with Crippen molar-refractivity contribution in [2.75, 3.05) is 44.2 Å². The van der Waals surface area contributed by atoms with Crippen molar-refractivity contribution in [2.24, 2.45) is 0 Å². The Hall–Kier alpha value is -3.36. The SMILES string of the molecule is OCCN1CCN(c2nc(-c3ccccc3)nc3nc(-c4ccncc4)[nH]c23)CC1. The van der Waals surface area contributed by atoms with Crippen LogP contribution in [0.5, 0.6) is 0 Å². The number of pyridine rings is 1. The van der Waals surface area contributed by atoms with Gasteiger partial charge in [0.25, 0.3) is 0 Å². The van der Waals surface area contributed by atoms with Crippen LogP contribution < -0.4 is 4.90 Å². The normalized spacial score (nSPS) is 15.0. The molecular weight excluding hydrogens is 378 g/mol. The van der Waals surface area contributed by atoms with Crippen LogP contribution in [0.2, 0.25) is 0 Å². The maximum absolute atomic E-state index is 9.22. The van der Waals surface area contributed by atoms with Crippen LogP contribution >= 0.6 is 0 Å². The number of aliphatic hydroxyl groups excluding tert-OH is 1. The van der Waals surface area contributed by atoms with Gasteiger partial charge in [-0.05, 0) is 12.1 Å². The number of aliphatic hydroxyl groups is 1. The molecule has 8 nitrogen and oxygen atoms in total. The van der Waals surface area contributed by atoms with Crippen molar-refractivity contribution in [3.05, 3.63) is 54.9 Å². The van der Waals surface area contributed by atoms with Crippen molar-refractivity contribution < 1.29 is 5.11 Å². The number of nitrogens with one attached hydrogen (secondary N) is 1. The molecule has 4 heterocycles. The number of piperazine rings is 1. The maximum atomic E-state index is 9.22. The van der Waals surface area contributed by atoms with Crippen molar-refractivity contribution in [1.29, 1.82) is 0 Å². The number of anilines is 1. The third kappa shape index (κ3) is 3.62. The zero-order valence-corrected chi connectivity index (χ0v) is 16.6. The molecule has 1 saturated heterocycles. The Morgan fingerprint density at radius 1 is 0.867 bits per heavy atom. The van der Waals surface area contributed by atoms with E-state index < -0.39 is 0 Å². The molecule has 0 saturated carbocycles. The number of hydrogen-bond donors (Lipinski definition) is 2. The molecule has 1 aromatic carbocycles. The molecule has 4 aromatic rings. The molecular formula is C22H23N7O. The van der Waals surface area contributed by atoms with Crippen LogP contribution in [0.25, 0.3) is 33.9 Å². The molecule has 5 rings (SSSR count). The summed E-state index contributed by atoms with van der Waals surface area (Å²) in [5.74, 6) is 2.30. The topological polar surface area (TPSA) is 94.1 Å². The van der Waals surface area contributed by atoms with Gasteiger partial charge in [-0.1, -0.05) is 30.3 Å². The van der Waals surface area contributed by atoms with E-state index in [1.807, 2.05) is 42.5 Å². The minimum Gasteiger partial charge on any atom is -0.395 e. The van der Waals surface area contributed by atoms with E-state index in [4.69, 9.17) is 15.0 Å². The molecule has 1 fully saturated rings. The number of nitrogens with zero attached hydrogens (tertiary/aromatic N) is 6. The smallest absolute Gasteiger partial charge is 0.184 e. The zero-order valence-electron chi connectivity index (χ0n) is 16.6. The molecule has 0 spiro atoms. The van der Waals surface area contributed by atoms with E-state index in [1.54, 1.807) is 12.4 Å². The highest BCUT2D eigenvalue weighted by Gasteiger charge is 2.23. The van der Waals surface area contributed by atoms with E-state index in [2.05, 4.69) is 19.8 Å². The Kier molecular flexibility index (Phi) is 5.08. The van der Waals surface area contributed by atoms with Crippen molar-refractivity contribution in [3.63, 3.8) is 0 Å². The first kappa shape index (κ1) is 18.7. The number of benzene rings is 1. The summed E-state index contributed by atoms with van der Waals surface area (Å²) in [6, 6.07) is 13.8. The van der Waals surface area contributed by atoms with Crippen LogP contribution in [-0.4, -0.2) is 74.3 Å². The number of imidazole rings is 1. The van der Waals surface area contributed by atoms with Gasteiger partial charge in [0.15, 0.2) is 17.3 Å². The molecule has 30 heavy (non-hydrogen) atoms. The van der Waals surface area contributed by atoms with Crippen molar-refractivity contribution in [1.82, 2.24) is 29.8 Å². The standard InChI is InChI=1S/C22H23N7O/c30-15-14-28-10-12-29(13-11-28)22-18-21(25-19(24-18)17-6-8-23-9-7-17)26-20(27-22)16-4-2-1-3-5-16/h1-9,30H,10-15H2,(H,24,25,26,27). The second-order valence-corrected chi connectivity index (χ2v) is 7.31. The minimum absolute atomic E-state index is 0.186. The van der Waals surface area contributed by atoms with Gasteiger partial charge in [0.1, 0.15) is 11.3 Å². The number of fused-ring (bicyclic) bond motifs is 1. The summed E-state index contributed by atoms with van der Waals surface area (Å²) in [5.41, 5.74) is 3.43. The molecule has 3 aromatic heterocycles. The van der Waals surface area contributed by atoms with Crippen molar-refractivity contribution in [2.45, 2.75) is 0 Å². The lowest BCUT2D eigenvalue weighted by atomic mass is 10.2. The molecule has 0 aliphatic carbocycles. The average molecular weight is 401 g/mol. The summed E-state index contributed by atoms with van der Waals surface area (Å²) in [6.07, 6.45) is 3.51. The monoisotopic (exact) mass is 401 g/mol. The van der Waals surface area contributed by atoms with Gasteiger partial charge in [-0.25, -0.2) is 15.0 Å². The summed E-state index contributed by atoms with van der Waals surface area (Å²) in [5, 5.41) is 9.22. The molecule has 8 heteroatoms. The van der Waals surface area contributed by atoms with Gasteiger partial charge < -0.3 is 15.0 Å². The highest BCUT2D eigenvalue weighted by atomic mass is 16.3. The Balaban J connectivity index is 1.59. The second kappa shape index (κ2) is 8.17. The summed E-state index contributed by atoms with van der Waals surface area (Å²) in [7, 11) is 0. The first-order chi connectivity index (χ1) is 14.8. The van der Waals surface area contributed by atoms with Crippen LogP contribution in [-0.2, 0) is 0 Å². The molecule has 0 bridgehead atoms. The number of β-amino-alcohol motifs (C(OH)–C–C–N with tert-alkyl or cyclic N) is 1. The molecule has 1 aliphatic rings. The zero-order chi connectivity index (χ0) is 20.3. The van der Waals surface area contributed by atoms with E-state index in [0.717, 1.165) is 54.5 Å². The fourth-order valence-electron chi connectivity index (χ4n) is 3.80. The lowest BCUT2D eigenvalue weighted by Crippen LogP contribution is -2.47. The Morgan fingerprint density at radius 2 is 1.63 bits per heavy atom. The first-order valence-corrected chi connectivity index (χ1v) is 10.1. The number of aromatic amines is 1. The van der Waals surface area contributed by atoms with E-state index >= 15 is 0 Å². The molecule has 0 radical (unpaired) electrons. The van der Waals surface area contributed by atoms with E-state index in [1.165, 1.54) is 0 Å². The lowest BCUT2D eigenvalue weighted by Gasteiger charge is -2.35. The first-order valence-electron chi connectivity index (χ1n) is 10.1. The number of aromatic nitrogens is 5. The summed E-state index contributed by atoms with van der Waals surface area (Å²) < 4.78 is 0. The van der Waals surface area contributed by atoms with Crippen molar-refractivity contribution in [3.8, 4) is 22.8 Å². The Bertz CT molecular complexity index is 1120. The lowest BCUT2D eigenvalue weighted by molar-refractivity contribution is 0.188. The summed E-state index contributed by atoms with van der Waals surface area (Å²) >= 11 is 0. The third-order valence-electron chi connectivity index (χ3n) is 5.41. The fourth-order valence-corrected chi connectivity index (χ4v) is 3.80. The molecule has 0 atom stereocenters. The minimum atomic E-state index is 0.186. The largest absolute Gasteiger partial charge is 0.395 e. The highest BCUT2D eigenvalue weighted by Crippen LogP contribution is 2.29. The predicted molar refractivity (Wildman–Crippen MR) is 116 cm³/mol. The van der Waals surface area contributed by atoms with E-state index in [0.29, 0.717) is 18.0 Å². The molecule has 152 valence electrons. The van der Waals surface area contributed by atoms with Gasteiger partial charge in [0.05, 0.1) is 6.61 Å². The van der Waals surface area contributed by atoms with E-state index in [-0.39, 0.29) is 6.61 Å². The average Bonchev–Trinajstić information content (AvgIpc) is 3.25. The fraction of sp³-hybridized carbons (Fsp3) is 0.273. The predicted octanol–water partition coefficient (Wildman–Crippen LogP) is 2.20. The molecule has 2 N–H and O–H groups in total. The summed E-state index contributed by atoms with van der Waals surface area (Å²) in [6.45, 7) is 4.34. The van der Waals surface area contributed by atoms with Crippen molar-refractivity contribution >= 4 is 17.0 Å². The second-order valence-electron chi connectivity index (χ2n) is 7.31. The molecule has 0 unspecified atom stereocenters. The van der Waals surface area contributed by atoms with Crippen LogP contribution in [0, 0.1) is 0 Å². The van der Waals surface area contributed by atoms with Gasteiger partial charge in [0.2, 0.25) is 0 Å². The van der Waals surface area contributed by atoms with Crippen LogP contribution in [0.15, 0.2) is 54.9 Å². The van der Waals surface area contributed by atoms with Gasteiger partial charge in [-0.15, -0.1) is 0 Å². The van der Waals surface area contributed by atoms with E-state index in [9.17, 15) is 5.11 Å². The van der Waals surface area contributed by atoms with Gasteiger partial charge in [-0.2, -0.15) is 0 Å². The van der Waals surface area contributed by atoms with Gasteiger partial charge >= 0.3 is 0 Å². The van der Waals surface area contributed by atoms with Crippen LogP contribution in [0.4, 0.5) is 5.82 Å². The third-order valence-corrected chi connectivity index (χ3v) is 5.41. The molecule has 1 aliphatic heterocycles. The Labute approximate surface area is 174 Å².